The normalized spacial score (nSPS) is 12.1. The zero-order valence-electron chi connectivity index (χ0n) is 23.3. The van der Waals surface area contributed by atoms with Gasteiger partial charge in [-0.15, -0.1) is 0 Å². The van der Waals surface area contributed by atoms with Crippen LogP contribution in [0.5, 0.6) is 11.5 Å². The molecule has 0 heterocycles. The highest BCUT2D eigenvalue weighted by molar-refractivity contribution is 5.72. The molecule has 0 aliphatic carbocycles. The molecule has 0 N–H and O–H groups in total. The van der Waals surface area contributed by atoms with Crippen LogP contribution in [0.25, 0.3) is 0 Å². The molecule has 0 aliphatic heterocycles. The highest BCUT2D eigenvalue weighted by atomic mass is 19.4. The molecule has 220 valence electrons. The van der Waals surface area contributed by atoms with Gasteiger partial charge in [-0.2, -0.15) is 13.2 Å². The molecule has 0 saturated heterocycles. The number of para-hydroxylation sites is 1. The van der Waals surface area contributed by atoms with E-state index in [2.05, 4.69) is 0 Å². The number of hydrogen-bond donors (Lipinski definition) is 0. The number of alkyl halides is 3. The minimum absolute atomic E-state index is 0.117. The molecular weight excluding hydrogens is 539 g/mol. The van der Waals surface area contributed by atoms with Gasteiger partial charge in [0.25, 0.3) is 0 Å². The van der Waals surface area contributed by atoms with Crippen LogP contribution in [0, 0.1) is 0 Å². The number of halogens is 3. The number of ether oxygens (including phenoxy) is 4. The second kappa shape index (κ2) is 15.1. The number of methoxy groups -OCH3 is 2. The fourth-order valence-electron chi connectivity index (χ4n) is 4.42. The van der Waals surface area contributed by atoms with Crippen LogP contribution in [-0.2, 0) is 38.2 Å². The molecule has 3 aromatic carbocycles. The average Bonchev–Trinajstić information content (AvgIpc) is 2.94. The van der Waals surface area contributed by atoms with E-state index in [4.69, 9.17) is 18.9 Å². The van der Waals surface area contributed by atoms with E-state index in [9.17, 15) is 22.8 Å². The van der Waals surface area contributed by atoms with Crippen LogP contribution >= 0.6 is 0 Å². The van der Waals surface area contributed by atoms with Gasteiger partial charge >= 0.3 is 18.1 Å². The summed E-state index contributed by atoms with van der Waals surface area (Å²) in [6, 6.07) is 20.2. The molecule has 0 amide bonds. The molecule has 0 aromatic heterocycles. The fourth-order valence-corrected chi connectivity index (χ4v) is 4.42. The second-order valence-corrected chi connectivity index (χ2v) is 9.34. The Morgan fingerprint density at radius 2 is 1.68 bits per heavy atom. The van der Waals surface area contributed by atoms with Crippen molar-refractivity contribution >= 4 is 11.9 Å². The van der Waals surface area contributed by atoms with E-state index < -0.39 is 23.8 Å². The number of nitrogens with zero attached hydrogens (tertiary/aromatic N) is 1. The van der Waals surface area contributed by atoms with Gasteiger partial charge in [0.15, 0.2) is 0 Å². The summed E-state index contributed by atoms with van der Waals surface area (Å²) >= 11 is 0. The average molecular weight is 574 g/mol. The predicted molar refractivity (Wildman–Crippen MR) is 146 cm³/mol. The second-order valence-electron chi connectivity index (χ2n) is 9.34. The number of hydrogen-bond acceptors (Lipinski definition) is 7. The van der Waals surface area contributed by atoms with E-state index in [0.29, 0.717) is 30.9 Å². The zero-order chi connectivity index (χ0) is 29.8. The third-order valence-electron chi connectivity index (χ3n) is 6.27. The molecule has 41 heavy (non-hydrogen) atoms. The Hall–Kier alpha value is -4.05. The standard InChI is InChI=1S/C31H34F3NO6/c1-22(36)41-28(24-11-5-4-6-12-24)21-35(20-25-13-8-15-27(30(25)39-3)31(32,33)34)16-9-17-40-26-14-7-10-23(18-26)19-29(37)38-2/h4-8,10-15,18,28H,9,16-17,19-21H2,1-3H3. The molecule has 0 bridgehead atoms. The number of carbonyl (C=O) groups excluding carboxylic acids is 2. The summed E-state index contributed by atoms with van der Waals surface area (Å²) in [6.45, 7) is 2.40. The molecule has 0 spiro atoms. The van der Waals surface area contributed by atoms with E-state index in [1.54, 1.807) is 30.3 Å². The summed E-state index contributed by atoms with van der Waals surface area (Å²) in [7, 11) is 2.54. The minimum Gasteiger partial charge on any atom is -0.496 e. The lowest BCUT2D eigenvalue weighted by molar-refractivity contribution is -0.148. The van der Waals surface area contributed by atoms with Gasteiger partial charge in [0.05, 0.1) is 32.8 Å². The van der Waals surface area contributed by atoms with Crippen molar-refractivity contribution in [2.75, 3.05) is 33.9 Å². The maximum atomic E-state index is 13.7. The van der Waals surface area contributed by atoms with Crippen molar-refractivity contribution in [1.82, 2.24) is 4.90 Å². The first kappa shape index (κ1) is 31.5. The molecule has 1 atom stereocenters. The van der Waals surface area contributed by atoms with Gasteiger partial charge < -0.3 is 18.9 Å². The lowest BCUT2D eigenvalue weighted by Gasteiger charge is -2.28. The summed E-state index contributed by atoms with van der Waals surface area (Å²) in [5.74, 6) is -0.485. The Morgan fingerprint density at radius 1 is 0.951 bits per heavy atom. The SMILES string of the molecule is COC(=O)Cc1cccc(OCCCN(Cc2cccc(C(F)(F)F)c2OC)CC(OC(C)=O)c2ccccc2)c1. The Balaban J connectivity index is 1.78. The van der Waals surface area contributed by atoms with Crippen molar-refractivity contribution in [3.05, 3.63) is 95.1 Å². The van der Waals surface area contributed by atoms with Gasteiger partial charge in [0.2, 0.25) is 0 Å². The van der Waals surface area contributed by atoms with Crippen molar-refractivity contribution < 1.29 is 41.7 Å². The van der Waals surface area contributed by atoms with Crippen molar-refractivity contribution in [3.8, 4) is 11.5 Å². The lowest BCUT2D eigenvalue weighted by Crippen LogP contribution is -2.32. The van der Waals surface area contributed by atoms with Crippen molar-refractivity contribution in [1.29, 1.82) is 0 Å². The summed E-state index contributed by atoms with van der Waals surface area (Å²) in [5, 5.41) is 0. The molecule has 3 rings (SSSR count). The summed E-state index contributed by atoms with van der Waals surface area (Å²) in [5.41, 5.74) is 1.02. The van der Waals surface area contributed by atoms with Gasteiger partial charge in [0, 0.05) is 32.1 Å². The van der Waals surface area contributed by atoms with Gasteiger partial charge in [0.1, 0.15) is 17.6 Å². The number of esters is 2. The summed E-state index contributed by atoms with van der Waals surface area (Å²) < 4.78 is 62.4. The maximum Gasteiger partial charge on any atom is 0.419 e. The molecule has 10 heteroatoms. The number of benzene rings is 3. The molecule has 0 saturated carbocycles. The highest BCUT2D eigenvalue weighted by Crippen LogP contribution is 2.38. The molecule has 3 aromatic rings. The Labute approximate surface area is 237 Å². The third kappa shape index (κ3) is 9.82. The van der Waals surface area contributed by atoms with E-state index in [1.807, 2.05) is 35.2 Å². The first-order valence-corrected chi connectivity index (χ1v) is 13.1. The Bertz CT molecular complexity index is 1280. The van der Waals surface area contributed by atoms with Gasteiger partial charge in [-0.25, -0.2) is 0 Å². The van der Waals surface area contributed by atoms with Gasteiger partial charge in [-0.1, -0.05) is 54.6 Å². The monoisotopic (exact) mass is 573 g/mol. The fraction of sp³-hybridized carbons (Fsp3) is 0.355. The van der Waals surface area contributed by atoms with E-state index in [1.165, 1.54) is 27.2 Å². The van der Waals surface area contributed by atoms with E-state index in [0.717, 1.165) is 17.2 Å². The van der Waals surface area contributed by atoms with Gasteiger partial charge in [-0.05, 0) is 35.7 Å². The smallest absolute Gasteiger partial charge is 0.419 e. The Morgan fingerprint density at radius 3 is 2.34 bits per heavy atom. The van der Waals surface area contributed by atoms with Crippen molar-refractivity contribution in [2.24, 2.45) is 0 Å². The first-order chi connectivity index (χ1) is 19.6. The number of carbonyl (C=O) groups is 2. The minimum atomic E-state index is -4.58. The highest BCUT2D eigenvalue weighted by Gasteiger charge is 2.35. The zero-order valence-corrected chi connectivity index (χ0v) is 23.3. The molecule has 0 radical (unpaired) electrons. The molecule has 1 unspecified atom stereocenters. The van der Waals surface area contributed by atoms with Crippen LogP contribution < -0.4 is 9.47 Å². The van der Waals surface area contributed by atoms with Crippen LogP contribution in [0.15, 0.2) is 72.8 Å². The van der Waals surface area contributed by atoms with E-state index in [-0.39, 0.29) is 31.2 Å². The largest absolute Gasteiger partial charge is 0.496 e. The van der Waals surface area contributed by atoms with Crippen LogP contribution in [-0.4, -0.2) is 50.8 Å². The number of rotatable bonds is 14. The topological polar surface area (TPSA) is 74.3 Å². The molecule has 0 aliphatic rings. The van der Waals surface area contributed by atoms with Crippen LogP contribution in [0.3, 0.4) is 0 Å². The van der Waals surface area contributed by atoms with Crippen molar-refractivity contribution in [3.63, 3.8) is 0 Å². The lowest BCUT2D eigenvalue weighted by atomic mass is 10.1. The van der Waals surface area contributed by atoms with E-state index >= 15 is 0 Å². The first-order valence-electron chi connectivity index (χ1n) is 13.1. The van der Waals surface area contributed by atoms with Crippen LogP contribution in [0.4, 0.5) is 13.2 Å². The maximum absolute atomic E-state index is 13.7. The molecular formula is C31H34F3NO6. The summed E-state index contributed by atoms with van der Waals surface area (Å²) in [6.07, 6.45) is -4.57. The summed E-state index contributed by atoms with van der Waals surface area (Å²) in [4.78, 5) is 25.4. The predicted octanol–water partition coefficient (Wildman–Crippen LogP) is 6.01. The van der Waals surface area contributed by atoms with Crippen molar-refractivity contribution in [2.45, 2.75) is 38.6 Å². The Kier molecular flexibility index (Phi) is 11.6. The molecule has 0 fully saturated rings. The van der Waals surface area contributed by atoms with Gasteiger partial charge in [-0.3, -0.25) is 14.5 Å². The van der Waals surface area contributed by atoms with Crippen LogP contribution in [0.1, 0.15) is 41.7 Å². The molecule has 7 nitrogen and oxygen atoms in total. The quantitative estimate of drug-likeness (QED) is 0.173. The van der Waals surface area contributed by atoms with Crippen LogP contribution in [0.2, 0.25) is 0 Å². The third-order valence-corrected chi connectivity index (χ3v) is 6.27.